The Balaban J connectivity index is 0.00000200. The van der Waals surface area contributed by atoms with Gasteiger partial charge in [-0.1, -0.05) is 41.9 Å². The van der Waals surface area contributed by atoms with Crippen LogP contribution in [-0.2, 0) is 0 Å². The highest BCUT2D eigenvalue weighted by atomic mass is 35.5. The first-order valence-electron chi connectivity index (χ1n) is 5.82. The first-order valence-corrected chi connectivity index (χ1v) is 6.20. The number of hydrogen-bond donors (Lipinski definition) is 1. The highest BCUT2D eigenvalue weighted by Gasteiger charge is 2.22. The third-order valence-electron chi connectivity index (χ3n) is 3.00. The summed E-state index contributed by atoms with van der Waals surface area (Å²) >= 11 is 5.96. The van der Waals surface area contributed by atoms with Crippen LogP contribution in [0.25, 0.3) is 0 Å². The summed E-state index contributed by atoms with van der Waals surface area (Å²) in [7, 11) is 0. The van der Waals surface area contributed by atoms with Gasteiger partial charge in [-0.25, -0.2) is 0 Å². The lowest BCUT2D eigenvalue weighted by molar-refractivity contribution is -0.385. The molecule has 0 bridgehead atoms. The Hall–Kier alpha value is -1.62. The number of para-hydroxylation sites is 1. The van der Waals surface area contributed by atoms with Crippen LogP contribution in [0.5, 0.6) is 0 Å². The molecule has 2 rings (SSSR count). The molecule has 0 spiro atoms. The molecule has 1 atom stereocenters. The molecule has 0 saturated carbocycles. The Morgan fingerprint density at radius 2 is 1.90 bits per heavy atom. The normalized spacial score (nSPS) is 11.5. The van der Waals surface area contributed by atoms with E-state index in [1.54, 1.807) is 30.3 Å². The number of nitro groups is 1. The van der Waals surface area contributed by atoms with Gasteiger partial charge in [0.15, 0.2) is 0 Å². The highest BCUT2D eigenvalue weighted by molar-refractivity contribution is 6.30. The van der Waals surface area contributed by atoms with Gasteiger partial charge in [-0.2, -0.15) is 0 Å². The van der Waals surface area contributed by atoms with E-state index in [1.165, 1.54) is 6.07 Å². The lowest BCUT2D eigenvalue weighted by Crippen LogP contribution is -2.15. The Morgan fingerprint density at radius 1 is 1.20 bits per heavy atom. The molecule has 2 aromatic rings. The van der Waals surface area contributed by atoms with Crippen LogP contribution in [0, 0.1) is 10.1 Å². The molecule has 0 saturated heterocycles. The number of rotatable bonds is 4. The molecule has 2 aromatic carbocycles. The van der Waals surface area contributed by atoms with Crippen LogP contribution in [0.1, 0.15) is 17.0 Å². The number of benzene rings is 2. The fourth-order valence-corrected chi connectivity index (χ4v) is 2.31. The van der Waals surface area contributed by atoms with Crippen molar-refractivity contribution in [2.45, 2.75) is 5.92 Å². The molecule has 0 amide bonds. The zero-order chi connectivity index (χ0) is 13.8. The van der Waals surface area contributed by atoms with Crippen LogP contribution in [0.15, 0.2) is 48.5 Å². The van der Waals surface area contributed by atoms with Crippen molar-refractivity contribution in [1.82, 2.24) is 0 Å². The fraction of sp³-hybridized carbons (Fsp3) is 0.143. The van der Waals surface area contributed by atoms with Crippen LogP contribution in [0.3, 0.4) is 0 Å². The summed E-state index contributed by atoms with van der Waals surface area (Å²) < 4.78 is 0. The molecule has 4 nitrogen and oxygen atoms in total. The lowest BCUT2D eigenvalue weighted by atomic mass is 9.90. The smallest absolute Gasteiger partial charge is 0.273 e. The Morgan fingerprint density at radius 3 is 2.50 bits per heavy atom. The Bertz CT molecular complexity index is 605. The van der Waals surface area contributed by atoms with Crippen molar-refractivity contribution in [2.75, 3.05) is 6.54 Å². The summed E-state index contributed by atoms with van der Waals surface area (Å²) in [6, 6.07) is 13.9. The number of nitrogens with two attached hydrogens (primary N) is 1. The molecule has 0 aliphatic heterocycles. The first kappa shape index (κ1) is 16.4. The zero-order valence-corrected chi connectivity index (χ0v) is 12.1. The maximum absolute atomic E-state index is 11.1. The van der Waals surface area contributed by atoms with Gasteiger partial charge in [-0.3, -0.25) is 10.1 Å². The van der Waals surface area contributed by atoms with Crippen molar-refractivity contribution in [3.63, 3.8) is 0 Å². The summed E-state index contributed by atoms with van der Waals surface area (Å²) in [6.45, 7) is 0.283. The van der Waals surface area contributed by atoms with Crippen LogP contribution in [-0.4, -0.2) is 11.5 Å². The second-order valence-electron chi connectivity index (χ2n) is 4.16. The third kappa shape index (κ3) is 3.48. The van der Waals surface area contributed by atoms with Crippen LogP contribution >= 0.6 is 24.0 Å². The topological polar surface area (TPSA) is 69.2 Å². The Labute approximate surface area is 128 Å². The molecule has 6 heteroatoms. The number of hydrogen-bond acceptors (Lipinski definition) is 3. The van der Waals surface area contributed by atoms with E-state index in [-0.39, 0.29) is 35.5 Å². The van der Waals surface area contributed by atoms with Gasteiger partial charge >= 0.3 is 0 Å². The van der Waals surface area contributed by atoms with Crippen molar-refractivity contribution in [1.29, 1.82) is 0 Å². The molecular formula is C14H14Cl2N2O2. The predicted molar refractivity (Wildman–Crippen MR) is 82.7 cm³/mol. The predicted octanol–water partition coefficient (Wildman–Crippen LogP) is 3.76. The van der Waals surface area contributed by atoms with Crippen molar-refractivity contribution in [3.8, 4) is 0 Å². The molecule has 2 N–H and O–H groups in total. The second-order valence-corrected chi connectivity index (χ2v) is 4.60. The van der Waals surface area contributed by atoms with Crippen molar-refractivity contribution in [3.05, 3.63) is 74.8 Å². The van der Waals surface area contributed by atoms with Gasteiger partial charge in [-0.15, -0.1) is 12.4 Å². The minimum Gasteiger partial charge on any atom is -0.330 e. The number of halogens is 2. The number of nitro benzene ring substituents is 1. The molecule has 0 heterocycles. The van der Waals surface area contributed by atoms with Gasteiger partial charge in [0.1, 0.15) is 0 Å². The van der Waals surface area contributed by atoms with Crippen LogP contribution < -0.4 is 5.73 Å². The van der Waals surface area contributed by atoms with E-state index < -0.39 is 0 Å². The van der Waals surface area contributed by atoms with Gasteiger partial charge in [0, 0.05) is 29.1 Å². The van der Waals surface area contributed by atoms with E-state index in [2.05, 4.69) is 0 Å². The molecule has 106 valence electrons. The minimum atomic E-state index is -0.386. The van der Waals surface area contributed by atoms with Gasteiger partial charge in [0.05, 0.1) is 4.92 Å². The number of nitrogens with zero attached hydrogens (tertiary/aromatic N) is 1. The summed E-state index contributed by atoms with van der Waals surface area (Å²) in [4.78, 5) is 10.7. The van der Waals surface area contributed by atoms with E-state index >= 15 is 0 Å². The van der Waals surface area contributed by atoms with Crippen LogP contribution in [0.4, 0.5) is 5.69 Å². The summed E-state index contributed by atoms with van der Waals surface area (Å²) in [5, 5.41) is 11.7. The molecule has 0 radical (unpaired) electrons. The minimum absolute atomic E-state index is 0. The van der Waals surface area contributed by atoms with E-state index in [9.17, 15) is 10.1 Å². The van der Waals surface area contributed by atoms with Crippen molar-refractivity contribution in [2.24, 2.45) is 5.73 Å². The average Bonchev–Trinajstić information content (AvgIpc) is 2.40. The van der Waals surface area contributed by atoms with Gasteiger partial charge in [-0.05, 0) is 17.7 Å². The van der Waals surface area contributed by atoms with Gasteiger partial charge in [0.25, 0.3) is 5.69 Å². The average molecular weight is 313 g/mol. The summed E-state index contributed by atoms with van der Waals surface area (Å²) in [6.07, 6.45) is 0. The second kappa shape index (κ2) is 7.24. The highest BCUT2D eigenvalue weighted by Crippen LogP contribution is 2.31. The quantitative estimate of drug-likeness (QED) is 0.690. The monoisotopic (exact) mass is 312 g/mol. The van der Waals surface area contributed by atoms with E-state index in [1.807, 2.05) is 12.1 Å². The molecule has 0 fully saturated rings. The third-order valence-corrected chi connectivity index (χ3v) is 3.23. The molecule has 0 aliphatic rings. The fourth-order valence-electron chi connectivity index (χ4n) is 2.11. The standard InChI is InChI=1S/C14H13ClN2O2.ClH/c15-11-5-3-4-10(8-11)13(9-16)12-6-1-2-7-14(12)17(18)19;/h1-8,13H,9,16H2;1H. The molecule has 20 heavy (non-hydrogen) atoms. The molecule has 1 unspecified atom stereocenters. The zero-order valence-electron chi connectivity index (χ0n) is 10.5. The maximum Gasteiger partial charge on any atom is 0.273 e. The first-order chi connectivity index (χ1) is 9.13. The molecule has 0 aliphatic carbocycles. The SMILES string of the molecule is Cl.NCC(c1cccc(Cl)c1)c1ccccc1[N+](=O)[O-]. The summed E-state index contributed by atoms with van der Waals surface area (Å²) in [5.41, 5.74) is 7.36. The van der Waals surface area contributed by atoms with Gasteiger partial charge < -0.3 is 5.73 Å². The van der Waals surface area contributed by atoms with E-state index in [4.69, 9.17) is 17.3 Å². The molecular weight excluding hydrogens is 299 g/mol. The van der Waals surface area contributed by atoms with Crippen molar-refractivity contribution >= 4 is 29.7 Å². The molecule has 0 aromatic heterocycles. The lowest BCUT2D eigenvalue weighted by Gasteiger charge is -2.16. The Kier molecular flexibility index (Phi) is 5.95. The summed E-state index contributed by atoms with van der Waals surface area (Å²) in [5.74, 6) is -0.236. The maximum atomic E-state index is 11.1. The van der Waals surface area contributed by atoms with Gasteiger partial charge in [0.2, 0.25) is 0 Å². The van der Waals surface area contributed by atoms with E-state index in [0.717, 1.165) is 5.56 Å². The van der Waals surface area contributed by atoms with Crippen molar-refractivity contribution < 1.29 is 4.92 Å². The van der Waals surface area contributed by atoms with E-state index in [0.29, 0.717) is 10.6 Å². The van der Waals surface area contributed by atoms with Crippen LogP contribution in [0.2, 0.25) is 5.02 Å². The largest absolute Gasteiger partial charge is 0.330 e.